The summed E-state index contributed by atoms with van der Waals surface area (Å²) in [6.07, 6.45) is -0.664. The second-order valence-corrected chi connectivity index (χ2v) is 5.67. The molecule has 0 aliphatic rings. The van der Waals surface area contributed by atoms with Gasteiger partial charge in [0, 0.05) is 0 Å². The molecule has 0 aromatic heterocycles. The van der Waals surface area contributed by atoms with Gasteiger partial charge >= 0.3 is 0 Å². The highest BCUT2D eigenvalue weighted by molar-refractivity contribution is 5.95. The van der Waals surface area contributed by atoms with Gasteiger partial charge in [-0.2, -0.15) is 0 Å². The van der Waals surface area contributed by atoms with Gasteiger partial charge in [0.2, 0.25) is 0 Å². The molecule has 2 aromatic rings. The molecule has 5 nitrogen and oxygen atoms in total. The summed E-state index contributed by atoms with van der Waals surface area (Å²) in [5.74, 6) is 1.65. The highest BCUT2D eigenvalue weighted by atomic mass is 16.5. The summed E-state index contributed by atoms with van der Waals surface area (Å²) < 4.78 is 16.4. The van der Waals surface area contributed by atoms with Gasteiger partial charge in [0.1, 0.15) is 23.9 Å². The minimum absolute atomic E-state index is 0.262. The molecule has 0 bridgehead atoms. The Morgan fingerprint density at radius 2 is 1.76 bits per heavy atom. The Balaban J connectivity index is 1.99. The Labute approximate surface area is 148 Å². The van der Waals surface area contributed by atoms with E-state index < -0.39 is 6.10 Å². The monoisotopic (exact) mass is 341 g/mol. The lowest BCUT2D eigenvalue weighted by Crippen LogP contribution is -2.30. The largest absolute Gasteiger partial charge is 0.497 e. The zero-order valence-electron chi connectivity index (χ0n) is 14.7. The molecule has 2 aromatic carbocycles. The molecule has 0 heterocycles. The molecule has 0 spiro atoms. The smallest absolute Gasteiger partial charge is 0.265 e. The molecule has 0 saturated heterocycles. The van der Waals surface area contributed by atoms with Crippen molar-refractivity contribution in [2.24, 2.45) is 0 Å². The molecule has 2 rings (SSSR count). The lowest BCUT2D eigenvalue weighted by Gasteiger charge is -2.17. The van der Waals surface area contributed by atoms with E-state index in [4.69, 9.17) is 14.2 Å². The van der Waals surface area contributed by atoms with Crippen molar-refractivity contribution in [1.82, 2.24) is 0 Å². The second kappa shape index (κ2) is 8.78. The number of carbonyl (C=O) groups is 1. The predicted molar refractivity (Wildman–Crippen MR) is 98.5 cm³/mol. The third kappa shape index (κ3) is 5.57. The fraction of sp³-hybridized carbons (Fsp3) is 0.250. The van der Waals surface area contributed by atoms with Crippen LogP contribution < -0.4 is 19.5 Å². The standard InChI is InChI=1S/C20H23NO4/c1-14(2)13-24-19-8-6-5-7-18(19)21-20(22)15(3)25-17-11-9-16(23-4)10-12-17/h5-12,15H,1,13H2,2-4H3,(H,21,22)/t15-/m1/s1. The lowest BCUT2D eigenvalue weighted by atomic mass is 10.2. The van der Waals surface area contributed by atoms with Crippen molar-refractivity contribution in [3.05, 3.63) is 60.7 Å². The van der Waals surface area contributed by atoms with Crippen molar-refractivity contribution in [3.8, 4) is 17.2 Å². The first-order valence-corrected chi connectivity index (χ1v) is 7.97. The Morgan fingerprint density at radius 1 is 1.12 bits per heavy atom. The molecular weight excluding hydrogens is 318 g/mol. The van der Waals surface area contributed by atoms with E-state index in [1.807, 2.05) is 19.1 Å². The average molecular weight is 341 g/mol. The summed E-state index contributed by atoms with van der Waals surface area (Å²) in [6, 6.07) is 14.3. The van der Waals surface area contributed by atoms with Crippen LogP contribution in [0.4, 0.5) is 5.69 Å². The van der Waals surface area contributed by atoms with Crippen LogP contribution in [-0.4, -0.2) is 25.7 Å². The molecule has 0 fully saturated rings. The third-order valence-electron chi connectivity index (χ3n) is 3.36. The van der Waals surface area contributed by atoms with Crippen LogP contribution >= 0.6 is 0 Å². The van der Waals surface area contributed by atoms with Gasteiger partial charge in [-0.1, -0.05) is 18.7 Å². The maximum atomic E-state index is 12.4. The number of nitrogens with one attached hydrogen (secondary N) is 1. The number of rotatable bonds is 8. The van der Waals surface area contributed by atoms with Crippen LogP contribution in [0, 0.1) is 0 Å². The highest BCUT2D eigenvalue weighted by Crippen LogP contribution is 2.25. The molecule has 1 N–H and O–H groups in total. The van der Waals surface area contributed by atoms with E-state index >= 15 is 0 Å². The van der Waals surface area contributed by atoms with Crippen LogP contribution in [0.3, 0.4) is 0 Å². The van der Waals surface area contributed by atoms with Gasteiger partial charge in [0.15, 0.2) is 6.10 Å². The number of hydrogen-bond acceptors (Lipinski definition) is 4. The zero-order valence-corrected chi connectivity index (χ0v) is 14.7. The summed E-state index contributed by atoms with van der Waals surface area (Å²) in [5, 5.41) is 2.83. The molecule has 5 heteroatoms. The summed E-state index contributed by atoms with van der Waals surface area (Å²) in [6.45, 7) is 7.77. The van der Waals surface area contributed by atoms with Crippen LogP contribution in [0.2, 0.25) is 0 Å². The van der Waals surface area contributed by atoms with E-state index in [0.717, 1.165) is 11.3 Å². The van der Waals surface area contributed by atoms with Crippen LogP contribution in [0.25, 0.3) is 0 Å². The summed E-state index contributed by atoms with van der Waals surface area (Å²) in [7, 11) is 1.60. The van der Waals surface area contributed by atoms with Crippen molar-refractivity contribution < 1.29 is 19.0 Å². The Kier molecular flexibility index (Phi) is 6.46. The number of hydrogen-bond donors (Lipinski definition) is 1. The SMILES string of the molecule is C=C(C)COc1ccccc1NC(=O)[C@@H](C)Oc1ccc(OC)cc1. The quantitative estimate of drug-likeness (QED) is 0.736. The van der Waals surface area contributed by atoms with Crippen molar-refractivity contribution in [1.29, 1.82) is 0 Å². The van der Waals surface area contributed by atoms with Gasteiger partial charge < -0.3 is 19.5 Å². The van der Waals surface area contributed by atoms with Gasteiger partial charge in [-0.05, 0) is 55.8 Å². The first kappa shape index (κ1) is 18.4. The summed E-state index contributed by atoms with van der Waals surface area (Å²) >= 11 is 0. The number of para-hydroxylation sites is 2. The van der Waals surface area contributed by atoms with Gasteiger partial charge in [0.25, 0.3) is 5.91 Å². The Hall–Kier alpha value is -2.95. The fourth-order valence-corrected chi connectivity index (χ4v) is 2.04. The first-order chi connectivity index (χ1) is 12.0. The second-order valence-electron chi connectivity index (χ2n) is 5.67. The van der Waals surface area contributed by atoms with E-state index in [-0.39, 0.29) is 5.91 Å². The molecule has 0 saturated carbocycles. The van der Waals surface area contributed by atoms with Crippen LogP contribution in [0.1, 0.15) is 13.8 Å². The zero-order chi connectivity index (χ0) is 18.2. The van der Waals surface area contributed by atoms with E-state index in [1.165, 1.54) is 0 Å². The molecule has 1 amide bonds. The van der Waals surface area contributed by atoms with Crippen molar-refractivity contribution in [2.75, 3.05) is 19.0 Å². The van der Waals surface area contributed by atoms with E-state index in [9.17, 15) is 4.79 Å². The molecular formula is C20H23NO4. The number of methoxy groups -OCH3 is 1. The van der Waals surface area contributed by atoms with E-state index in [0.29, 0.717) is 23.8 Å². The molecule has 132 valence electrons. The fourth-order valence-electron chi connectivity index (χ4n) is 2.04. The third-order valence-corrected chi connectivity index (χ3v) is 3.36. The van der Waals surface area contributed by atoms with E-state index in [1.54, 1.807) is 50.4 Å². The maximum Gasteiger partial charge on any atom is 0.265 e. The Bertz CT molecular complexity index is 725. The lowest BCUT2D eigenvalue weighted by molar-refractivity contribution is -0.122. The average Bonchev–Trinajstić information content (AvgIpc) is 2.61. The highest BCUT2D eigenvalue weighted by Gasteiger charge is 2.16. The van der Waals surface area contributed by atoms with Crippen molar-refractivity contribution in [2.45, 2.75) is 20.0 Å². The van der Waals surface area contributed by atoms with Gasteiger partial charge in [-0.15, -0.1) is 0 Å². The van der Waals surface area contributed by atoms with E-state index in [2.05, 4.69) is 11.9 Å². The van der Waals surface area contributed by atoms with Gasteiger partial charge in [-0.25, -0.2) is 0 Å². The molecule has 0 aliphatic carbocycles. The van der Waals surface area contributed by atoms with Gasteiger partial charge in [-0.3, -0.25) is 4.79 Å². The molecule has 25 heavy (non-hydrogen) atoms. The number of anilines is 1. The molecule has 0 radical (unpaired) electrons. The predicted octanol–water partition coefficient (Wildman–Crippen LogP) is 4.06. The molecule has 0 aliphatic heterocycles. The topological polar surface area (TPSA) is 56.8 Å². The van der Waals surface area contributed by atoms with Gasteiger partial charge in [0.05, 0.1) is 12.8 Å². The minimum Gasteiger partial charge on any atom is -0.497 e. The molecule has 1 atom stereocenters. The molecule has 0 unspecified atom stereocenters. The number of amides is 1. The van der Waals surface area contributed by atoms with Crippen LogP contribution in [-0.2, 0) is 4.79 Å². The normalized spacial score (nSPS) is 11.3. The maximum absolute atomic E-state index is 12.4. The number of carbonyl (C=O) groups excluding carboxylic acids is 1. The minimum atomic E-state index is -0.664. The van der Waals surface area contributed by atoms with Crippen LogP contribution in [0.15, 0.2) is 60.7 Å². The van der Waals surface area contributed by atoms with Crippen molar-refractivity contribution >= 4 is 11.6 Å². The number of benzene rings is 2. The van der Waals surface area contributed by atoms with Crippen molar-refractivity contribution in [3.63, 3.8) is 0 Å². The Morgan fingerprint density at radius 3 is 2.40 bits per heavy atom. The summed E-state index contributed by atoms with van der Waals surface area (Å²) in [5.41, 5.74) is 1.50. The summed E-state index contributed by atoms with van der Waals surface area (Å²) in [4.78, 5) is 12.4. The first-order valence-electron chi connectivity index (χ1n) is 7.97. The number of ether oxygens (including phenoxy) is 3. The van der Waals surface area contributed by atoms with Crippen LogP contribution in [0.5, 0.6) is 17.2 Å².